The smallest absolute Gasteiger partial charge is 0.303 e. The Hall–Kier alpha value is 0.377. The summed E-state index contributed by atoms with van der Waals surface area (Å²) in [5.74, 6) is 1.08. The predicted molar refractivity (Wildman–Crippen MR) is 76.2 cm³/mol. The minimum absolute atomic E-state index is 0.568. The van der Waals surface area contributed by atoms with E-state index in [4.69, 9.17) is 12.2 Å². The first-order valence-corrected chi connectivity index (χ1v) is 7.62. The van der Waals surface area contributed by atoms with Crippen molar-refractivity contribution in [1.29, 1.82) is 0 Å². The largest absolute Gasteiger partial charge is 0.402 e. The third kappa shape index (κ3) is 12.3. The van der Waals surface area contributed by atoms with Crippen molar-refractivity contribution in [2.24, 2.45) is 0 Å². The molecule has 0 saturated heterocycles. The molecule has 0 N–H and O–H groups in total. The van der Waals surface area contributed by atoms with E-state index in [0.717, 1.165) is 23.2 Å². The highest BCUT2D eigenvalue weighted by Crippen LogP contribution is 2.07. The van der Waals surface area contributed by atoms with Gasteiger partial charge in [-0.1, -0.05) is 30.9 Å². The molecule has 0 heterocycles. The number of hydrogen-bond donors (Lipinski definition) is 0. The van der Waals surface area contributed by atoms with Gasteiger partial charge in [0.1, 0.15) is 4.32 Å². The van der Waals surface area contributed by atoms with Crippen LogP contribution >= 0.6 is 24.0 Å². The molecular weight excluding hydrogens is 246 g/mol. The average Bonchev–Trinajstić information content (AvgIpc) is 2.22. The molecule has 0 aliphatic rings. The number of hydrogen-bond acceptors (Lipinski definition) is 4. The molecule has 92 valence electrons. The molecular formula is C9H23NO2S2Si. The van der Waals surface area contributed by atoms with E-state index in [1.54, 1.807) is 26.0 Å². The fourth-order valence-electron chi connectivity index (χ4n) is 0.814. The van der Waals surface area contributed by atoms with Gasteiger partial charge in [-0.15, -0.1) is 0 Å². The van der Waals surface area contributed by atoms with E-state index in [9.17, 15) is 0 Å². The lowest BCUT2D eigenvalue weighted by Crippen LogP contribution is -2.26. The molecule has 3 nitrogen and oxygen atoms in total. The first kappa shape index (κ1) is 17.8. The molecule has 0 rings (SSSR count). The first-order chi connectivity index (χ1) is 7.17. The lowest BCUT2D eigenvalue weighted by Gasteiger charge is -2.20. The summed E-state index contributed by atoms with van der Waals surface area (Å²) in [6.07, 6.45) is 0. The van der Waals surface area contributed by atoms with E-state index in [0.29, 0.717) is 0 Å². The summed E-state index contributed by atoms with van der Waals surface area (Å²) in [7, 11) is 2.73. The van der Waals surface area contributed by atoms with Crippen molar-refractivity contribution in [1.82, 2.24) is 4.90 Å². The molecule has 0 radical (unpaired) electrons. The highest BCUT2D eigenvalue weighted by Gasteiger charge is 2.02. The maximum Gasteiger partial charge on any atom is 0.303 e. The molecule has 0 aromatic carbocycles. The van der Waals surface area contributed by atoms with Crippen molar-refractivity contribution in [2.45, 2.75) is 20.8 Å². The fourth-order valence-corrected chi connectivity index (χ4v) is 2.35. The molecule has 0 aliphatic heterocycles. The first-order valence-electron chi connectivity index (χ1n) is 5.07. The van der Waals surface area contributed by atoms with E-state index < -0.39 is 10.0 Å². The van der Waals surface area contributed by atoms with Crippen LogP contribution in [0.25, 0.3) is 0 Å². The quantitative estimate of drug-likeness (QED) is 0.557. The zero-order chi connectivity index (χ0) is 12.1. The Balaban J connectivity index is 0. The predicted octanol–water partition coefficient (Wildman–Crippen LogP) is 1.64. The molecule has 0 aromatic heterocycles. The Labute approximate surface area is 106 Å². The van der Waals surface area contributed by atoms with Crippen molar-refractivity contribution in [3.8, 4) is 0 Å². The van der Waals surface area contributed by atoms with Gasteiger partial charge in [0.15, 0.2) is 0 Å². The van der Waals surface area contributed by atoms with Crippen LogP contribution in [0.15, 0.2) is 0 Å². The molecule has 0 amide bonds. The number of nitrogens with zero attached hydrogens (tertiary/aromatic N) is 1. The van der Waals surface area contributed by atoms with E-state index in [1.165, 1.54) is 0 Å². The van der Waals surface area contributed by atoms with Crippen molar-refractivity contribution in [3.05, 3.63) is 0 Å². The minimum atomic E-state index is -0.568. The normalized spacial score (nSPS) is 9.13. The van der Waals surface area contributed by atoms with Crippen LogP contribution in [0.3, 0.4) is 0 Å². The molecule has 0 atom stereocenters. The molecule has 0 fully saturated rings. The third-order valence-corrected chi connectivity index (χ3v) is 3.40. The van der Waals surface area contributed by atoms with Crippen LogP contribution in [0.4, 0.5) is 0 Å². The van der Waals surface area contributed by atoms with Crippen molar-refractivity contribution in [2.75, 3.05) is 33.1 Å². The van der Waals surface area contributed by atoms with Gasteiger partial charge in [0.25, 0.3) is 0 Å². The molecule has 0 unspecified atom stereocenters. The van der Waals surface area contributed by atoms with Crippen molar-refractivity contribution >= 4 is 38.3 Å². The number of rotatable bonds is 5. The van der Waals surface area contributed by atoms with Crippen molar-refractivity contribution < 1.29 is 8.85 Å². The SMILES string of the molecule is CCSC(=S)N(CC)CC.CO[SiH2]OC. The highest BCUT2D eigenvalue weighted by molar-refractivity contribution is 8.22. The van der Waals surface area contributed by atoms with E-state index in [1.807, 2.05) is 0 Å². The van der Waals surface area contributed by atoms with Crippen LogP contribution < -0.4 is 0 Å². The summed E-state index contributed by atoms with van der Waals surface area (Å²) >= 11 is 6.91. The second-order valence-corrected chi connectivity index (χ2v) is 5.85. The van der Waals surface area contributed by atoms with E-state index in [-0.39, 0.29) is 0 Å². The van der Waals surface area contributed by atoms with Gasteiger partial charge < -0.3 is 13.8 Å². The molecule has 0 aliphatic carbocycles. The Morgan fingerprint density at radius 1 is 1.20 bits per heavy atom. The fraction of sp³-hybridized carbons (Fsp3) is 0.889. The van der Waals surface area contributed by atoms with Crippen LogP contribution in [0.1, 0.15) is 20.8 Å². The van der Waals surface area contributed by atoms with Gasteiger partial charge in [-0.25, -0.2) is 0 Å². The maximum atomic E-state index is 5.16. The second-order valence-electron chi connectivity index (χ2n) is 2.57. The molecule has 0 bridgehead atoms. The van der Waals surface area contributed by atoms with E-state index >= 15 is 0 Å². The molecule has 0 spiro atoms. The van der Waals surface area contributed by atoms with Gasteiger partial charge in [-0.2, -0.15) is 0 Å². The zero-order valence-electron chi connectivity index (χ0n) is 10.4. The average molecular weight is 270 g/mol. The Bertz CT molecular complexity index is 144. The molecule has 15 heavy (non-hydrogen) atoms. The van der Waals surface area contributed by atoms with Crippen molar-refractivity contribution in [3.63, 3.8) is 0 Å². The summed E-state index contributed by atoms with van der Waals surface area (Å²) in [6.45, 7) is 8.45. The van der Waals surface area contributed by atoms with E-state index in [2.05, 4.69) is 34.5 Å². The minimum Gasteiger partial charge on any atom is -0.402 e. The number of thiocarbonyl (C=S) groups is 1. The van der Waals surface area contributed by atoms with Gasteiger partial charge in [0, 0.05) is 27.3 Å². The monoisotopic (exact) mass is 269 g/mol. The van der Waals surface area contributed by atoms with Crippen LogP contribution in [-0.2, 0) is 8.85 Å². The lowest BCUT2D eigenvalue weighted by molar-refractivity contribution is 0.309. The van der Waals surface area contributed by atoms with Gasteiger partial charge in [0.05, 0.1) is 0 Å². The summed E-state index contributed by atoms with van der Waals surface area (Å²) in [6, 6.07) is 0. The second kappa shape index (κ2) is 14.4. The molecule has 6 heteroatoms. The van der Waals surface area contributed by atoms with Gasteiger partial charge >= 0.3 is 10.0 Å². The molecule has 0 saturated carbocycles. The Kier molecular flexibility index (Phi) is 17.0. The lowest BCUT2D eigenvalue weighted by atomic mass is 10.6. The van der Waals surface area contributed by atoms with Crippen LogP contribution in [-0.4, -0.2) is 52.3 Å². The van der Waals surface area contributed by atoms with Crippen LogP contribution in [0.5, 0.6) is 0 Å². The summed E-state index contributed by atoms with van der Waals surface area (Å²) in [4.78, 5) is 2.20. The Morgan fingerprint density at radius 2 is 1.67 bits per heavy atom. The summed E-state index contributed by atoms with van der Waals surface area (Å²) in [5.41, 5.74) is 0. The summed E-state index contributed by atoms with van der Waals surface area (Å²) in [5, 5.41) is 0. The molecule has 0 aromatic rings. The van der Waals surface area contributed by atoms with Gasteiger partial charge in [-0.3, -0.25) is 0 Å². The third-order valence-electron chi connectivity index (χ3n) is 1.53. The Morgan fingerprint density at radius 3 is 1.87 bits per heavy atom. The summed E-state index contributed by atoms with van der Waals surface area (Å²) < 4.78 is 10.2. The van der Waals surface area contributed by atoms with Crippen LogP contribution in [0.2, 0.25) is 0 Å². The van der Waals surface area contributed by atoms with Gasteiger partial charge in [-0.05, 0) is 19.6 Å². The topological polar surface area (TPSA) is 21.7 Å². The van der Waals surface area contributed by atoms with Crippen LogP contribution in [0, 0.1) is 0 Å². The maximum absolute atomic E-state index is 5.16. The number of thioether (sulfide) groups is 1. The zero-order valence-corrected chi connectivity index (χ0v) is 13.5. The van der Waals surface area contributed by atoms with Gasteiger partial charge in [0.2, 0.25) is 0 Å². The highest BCUT2D eigenvalue weighted by atomic mass is 32.2. The standard InChI is InChI=1S/C7H15NS2.C2H8O2Si/c1-4-8(5-2)7(9)10-6-3;1-3-5-4-2/h4-6H2,1-3H3;5H2,1-2H3.